The molecule has 1 unspecified atom stereocenters. The number of aliphatic carboxylic acids is 1. The first-order valence-corrected chi connectivity index (χ1v) is 11.8. The number of carboxylic acids is 1. The van der Waals surface area contributed by atoms with Crippen LogP contribution in [0.5, 0.6) is 0 Å². The lowest BCUT2D eigenvalue weighted by atomic mass is 9.79. The van der Waals surface area contributed by atoms with Crippen LogP contribution in [0.4, 0.5) is 10.5 Å². The second kappa shape index (κ2) is 9.62. The van der Waals surface area contributed by atoms with E-state index in [1.165, 1.54) is 6.07 Å². The van der Waals surface area contributed by atoms with Crippen molar-refractivity contribution < 1.29 is 24.2 Å². The molecule has 0 aliphatic heterocycles. The average Bonchev–Trinajstić information content (AvgIpc) is 3.15. The standard InChI is InChI=1S/C28H26N2O5/c31-26(30-25(27(32)33)17-7-5-8-17)18-9-6-10-19(15-18)29-28(34)35-16-24-22-13-3-1-11-20(22)21-12-2-4-14-23(21)24/h1-4,6,9-15,17,24-25H,5,7-8,16H2,(H,29,34)(H,30,31)(H,32,33). The quantitative estimate of drug-likeness (QED) is 0.449. The van der Waals surface area contributed by atoms with Gasteiger partial charge in [-0.05, 0) is 59.2 Å². The lowest BCUT2D eigenvalue weighted by Gasteiger charge is -2.31. The number of nitrogens with one attached hydrogen (secondary N) is 2. The third kappa shape index (κ3) is 4.62. The van der Waals surface area contributed by atoms with Gasteiger partial charge < -0.3 is 15.2 Å². The highest BCUT2D eigenvalue weighted by atomic mass is 16.5. The molecule has 0 bridgehead atoms. The number of ether oxygens (including phenoxy) is 1. The fourth-order valence-electron chi connectivity index (χ4n) is 4.87. The molecule has 3 aromatic rings. The van der Waals surface area contributed by atoms with E-state index in [-0.39, 0.29) is 24.0 Å². The van der Waals surface area contributed by atoms with Gasteiger partial charge in [0.2, 0.25) is 0 Å². The van der Waals surface area contributed by atoms with Crippen molar-refractivity contribution in [1.29, 1.82) is 0 Å². The maximum atomic E-state index is 12.7. The molecule has 7 heteroatoms. The van der Waals surface area contributed by atoms with Gasteiger partial charge in [0.05, 0.1) is 0 Å². The van der Waals surface area contributed by atoms with E-state index in [0.717, 1.165) is 41.5 Å². The molecule has 2 aliphatic rings. The van der Waals surface area contributed by atoms with Gasteiger partial charge >= 0.3 is 12.1 Å². The van der Waals surface area contributed by atoms with Gasteiger partial charge in [0.1, 0.15) is 12.6 Å². The van der Waals surface area contributed by atoms with Gasteiger partial charge in [-0.15, -0.1) is 0 Å². The number of carboxylic acid groups (broad SMARTS) is 1. The summed E-state index contributed by atoms with van der Waals surface area (Å²) in [6.07, 6.45) is 1.94. The van der Waals surface area contributed by atoms with E-state index in [4.69, 9.17) is 4.74 Å². The Morgan fingerprint density at radius 2 is 1.57 bits per heavy atom. The molecule has 7 nitrogen and oxygen atoms in total. The van der Waals surface area contributed by atoms with Crippen molar-refractivity contribution >= 4 is 23.7 Å². The highest BCUT2D eigenvalue weighted by molar-refractivity contribution is 5.98. The van der Waals surface area contributed by atoms with Gasteiger partial charge in [0.25, 0.3) is 5.91 Å². The number of fused-ring (bicyclic) bond motifs is 3. The minimum atomic E-state index is -1.03. The summed E-state index contributed by atoms with van der Waals surface area (Å²) in [6, 6.07) is 21.7. The van der Waals surface area contributed by atoms with Gasteiger partial charge in [-0.25, -0.2) is 9.59 Å². The Labute approximate surface area is 203 Å². The first-order chi connectivity index (χ1) is 17.0. The average molecular weight is 471 g/mol. The van der Waals surface area contributed by atoms with Crippen molar-refractivity contribution in [3.8, 4) is 11.1 Å². The zero-order chi connectivity index (χ0) is 24.4. The fraction of sp³-hybridized carbons (Fsp3) is 0.250. The van der Waals surface area contributed by atoms with Crippen molar-refractivity contribution in [2.45, 2.75) is 31.2 Å². The van der Waals surface area contributed by atoms with Crippen LogP contribution < -0.4 is 10.6 Å². The number of hydrogen-bond acceptors (Lipinski definition) is 4. The Balaban J connectivity index is 1.22. The van der Waals surface area contributed by atoms with E-state index in [1.807, 2.05) is 24.3 Å². The Kier molecular flexibility index (Phi) is 6.23. The topological polar surface area (TPSA) is 105 Å². The summed E-state index contributed by atoms with van der Waals surface area (Å²) < 4.78 is 5.57. The summed E-state index contributed by atoms with van der Waals surface area (Å²) >= 11 is 0. The molecule has 0 spiro atoms. The fourth-order valence-corrected chi connectivity index (χ4v) is 4.87. The third-order valence-electron chi connectivity index (χ3n) is 6.89. The SMILES string of the molecule is O=C(Nc1cccc(C(=O)NC(C(=O)O)C2CCC2)c1)OCC1c2ccccc2-c2ccccc21. The molecule has 1 fully saturated rings. The number of carbonyl (C=O) groups excluding carboxylic acids is 2. The number of amides is 2. The van der Waals surface area contributed by atoms with Crippen LogP contribution in [0.2, 0.25) is 0 Å². The number of carbonyl (C=O) groups is 3. The molecular formula is C28H26N2O5. The molecular weight excluding hydrogens is 444 g/mol. The third-order valence-corrected chi connectivity index (χ3v) is 6.89. The number of rotatable bonds is 7. The number of hydrogen-bond donors (Lipinski definition) is 3. The molecule has 0 aromatic heterocycles. The van der Waals surface area contributed by atoms with Gasteiger partial charge in [-0.3, -0.25) is 10.1 Å². The second-order valence-electron chi connectivity index (χ2n) is 9.01. The highest BCUT2D eigenvalue weighted by Gasteiger charge is 2.34. The smallest absolute Gasteiger partial charge is 0.411 e. The Bertz CT molecular complexity index is 1240. The lowest BCUT2D eigenvalue weighted by Crippen LogP contribution is -2.48. The van der Waals surface area contributed by atoms with E-state index in [2.05, 4.69) is 34.9 Å². The maximum absolute atomic E-state index is 12.7. The van der Waals surface area contributed by atoms with Crippen LogP contribution in [0, 0.1) is 5.92 Å². The molecule has 1 atom stereocenters. The highest BCUT2D eigenvalue weighted by Crippen LogP contribution is 2.44. The predicted octanol–water partition coefficient (Wildman–Crippen LogP) is 5.03. The van der Waals surface area contributed by atoms with Gasteiger partial charge in [-0.1, -0.05) is 61.0 Å². The van der Waals surface area contributed by atoms with Crippen LogP contribution in [0.1, 0.15) is 46.7 Å². The van der Waals surface area contributed by atoms with E-state index < -0.39 is 24.0 Å². The maximum Gasteiger partial charge on any atom is 0.411 e. The zero-order valence-electron chi connectivity index (χ0n) is 19.1. The first-order valence-electron chi connectivity index (χ1n) is 11.8. The minimum Gasteiger partial charge on any atom is -0.480 e. The van der Waals surface area contributed by atoms with Crippen LogP contribution in [0.3, 0.4) is 0 Å². The van der Waals surface area contributed by atoms with Crippen molar-refractivity contribution in [2.24, 2.45) is 5.92 Å². The molecule has 178 valence electrons. The summed E-state index contributed by atoms with van der Waals surface area (Å²) in [7, 11) is 0. The van der Waals surface area contributed by atoms with Crippen molar-refractivity contribution in [3.05, 3.63) is 89.5 Å². The summed E-state index contributed by atoms with van der Waals surface area (Å²) in [6.45, 7) is 0.182. The zero-order valence-corrected chi connectivity index (χ0v) is 19.1. The molecule has 2 aliphatic carbocycles. The predicted molar refractivity (Wildman–Crippen MR) is 131 cm³/mol. The van der Waals surface area contributed by atoms with Crippen LogP contribution in [-0.4, -0.2) is 35.7 Å². The molecule has 0 heterocycles. The van der Waals surface area contributed by atoms with Gasteiger partial charge in [0.15, 0.2) is 0 Å². The first kappa shape index (κ1) is 22.7. The van der Waals surface area contributed by atoms with E-state index >= 15 is 0 Å². The van der Waals surface area contributed by atoms with E-state index in [0.29, 0.717) is 5.69 Å². The largest absolute Gasteiger partial charge is 0.480 e. The molecule has 3 aromatic carbocycles. The van der Waals surface area contributed by atoms with Crippen LogP contribution in [-0.2, 0) is 9.53 Å². The summed E-state index contributed by atoms with van der Waals surface area (Å²) in [5, 5.41) is 14.7. The van der Waals surface area contributed by atoms with Crippen LogP contribution in [0.15, 0.2) is 72.8 Å². The van der Waals surface area contributed by atoms with Crippen LogP contribution >= 0.6 is 0 Å². The van der Waals surface area contributed by atoms with Crippen molar-refractivity contribution in [3.63, 3.8) is 0 Å². The molecule has 35 heavy (non-hydrogen) atoms. The second-order valence-corrected chi connectivity index (χ2v) is 9.01. The Hall–Kier alpha value is -4.13. The van der Waals surface area contributed by atoms with Crippen molar-refractivity contribution in [1.82, 2.24) is 5.32 Å². The van der Waals surface area contributed by atoms with E-state index in [9.17, 15) is 19.5 Å². The van der Waals surface area contributed by atoms with Gasteiger partial charge in [0, 0.05) is 17.2 Å². The molecule has 5 rings (SSSR count). The molecule has 3 N–H and O–H groups in total. The molecule has 2 amide bonds. The summed E-state index contributed by atoms with van der Waals surface area (Å²) in [5.41, 5.74) is 5.21. The molecule has 1 saturated carbocycles. The number of anilines is 1. The van der Waals surface area contributed by atoms with Crippen LogP contribution in [0.25, 0.3) is 11.1 Å². The van der Waals surface area contributed by atoms with Gasteiger partial charge in [-0.2, -0.15) is 0 Å². The number of benzene rings is 3. The molecule has 0 radical (unpaired) electrons. The van der Waals surface area contributed by atoms with E-state index in [1.54, 1.807) is 18.2 Å². The lowest BCUT2D eigenvalue weighted by molar-refractivity contribution is -0.141. The Morgan fingerprint density at radius 3 is 2.17 bits per heavy atom. The monoisotopic (exact) mass is 470 g/mol. The Morgan fingerprint density at radius 1 is 0.914 bits per heavy atom. The minimum absolute atomic E-state index is 0.0430. The van der Waals surface area contributed by atoms with Crippen molar-refractivity contribution in [2.75, 3.05) is 11.9 Å². The summed E-state index contributed by atoms with van der Waals surface area (Å²) in [4.78, 5) is 36.8. The normalized spacial score (nSPS) is 15.3. The molecule has 0 saturated heterocycles. The summed E-state index contributed by atoms with van der Waals surface area (Å²) in [5.74, 6) is -1.61.